The van der Waals surface area contributed by atoms with Crippen LogP contribution in [0.2, 0.25) is 5.02 Å². The summed E-state index contributed by atoms with van der Waals surface area (Å²) in [4.78, 5) is 0. The van der Waals surface area contributed by atoms with E-state index in [1.54, 1.807) is 0 Å². The average molecular weight is 276 g/mol. The second kappa shape index (κ2) is 6.09. The van der Waals surface area contributed by atoms with Gasteiger partial charge in [0.05, 0.1) is 0 Å². The van der Waals surface area contributed by atoms with E-state index in [-0.39, 0.29) is 12.1 Å². The molecule has 0 aliphatic rings. The van der Waals surface area contributed by atoms with Crippen molar-refractivity contribution >= 4 is 11.6 Å². The fraction of sp³-hybridized carbons (Fsp3) is 0.250. The molecule has 0 saturated carbocycles. The summed E-state index contributed by atoms with van der Waals surface area (Å²) in [5, 5.41) is 0.673. The van der Waals surface area contributed by atoms with Gasteiger partial charge < -0.3 is 10.5 Å². The van der Waals surface area contributed by atoms with Crippen molar-refractivity contribution in [3.8, 4) is 5.75 Å². The molecule has 0 aliphatic heterocycles. The van der Waals surface area contributed by atoms with Gasteiger partial charge in [-0.1, -0.05) is 41.9 Å². The zero-order valence-electron chi connectivity index (χ0n) is 11.1. The predicted octanol–water partition coefficient (Wildman–Crippen LogP) is 4.50. The molecule has 100 valence electrons. The van der Waals surface area contributed by atoms with Crippen LogP contribution in [0.25, 0.3) is 0 Å². The third-order valence-electron chi connectivity index (χ3n) is 3.04. The van der Waals surface area contributed by atoms with E-state index in [0.29, 0.717) is 5.02 Å². The maximum absolute atomic E-state index is 6.01. The molecule has 2 rings (SSSR count). The molecule has 0 aromatic heterocycles. The third-order valence-corrected chi connectivity index (χ3v) is 3.27. The molecule has 1 unspecified atom stereocenters. The van der Waals surface area contributed by atoms with Gasteiger partial charge in [0, 0.05) is 16.6 Å². The van der Waals surface area contributed by atoms with Crippen LogP contribution in [0.5, 0.6) is 5.75 Å². The van der Waals surface area contributed by atoms with E-state index in [1.807, 2.05) is 62.4 Å². The molecule has 0 fully saturated rings. The van der Waals surface area contributed by atoms with Gasteiger partial charge in [0.15, 0.2) is 0 Å². The Bertz CT molecular complexity index is 540. The third kappa shape index (κ3) is 3.49. The van der Waals surface area contributed by atoms with Crippen molar-refractivity contribution in [2.75, 3.05) is 0 Å². The van der Waals surface area contributed by atoms with Crippen molar-refractivity contribution in [2.24, 2.45) is 5.73 Å². The number of hydrogen-bond acceptors (Lipinski definition) is 2. The molecule has 0 saturated heterocycles. The lowest BCUT2D eigenvalue weighted by Crippen LogP contribution is -2.10. The molecular formula is C16H18ClNO. The lowest BCUT2D eigenvalue weighted by atomic mass is 10.1. The van der Waals surface area contributed by atoms with Gasteiger partial charge in [-0.2, -0.15) is 0 Å². The first-order chi connectivity index (χ1) is 9.08. The number of nitrogens with two attached hydrogens (primary N) is 1. The number of rotatable bonds is 4. The number of hydrogen-bond donors (Lipinski definition) is 1. The van der Waals surface area contributed by atoms with Crippen LogP contribution in [-0.4, -0.2) is 0 Å². The molecule has 0 amide bonds. The van der Waals surface area contributed by atoms with Gasteiger partial charge in [-0.25, -0.2) is 0 Å². The summed E-state index contributed by atoms with van der Waals surface area (Å²) >= 11 is 6.00. The summed E-state index contributed by atoms with van der Waals surface area (Å²) in [5.74, 6) is 0.788. The second-order valence-electron chi connectivity index (χ2n) is 4.64. The minimum atomic E-state index is -0.114. The largest absolute Gasteiger partial charge is 0.486 e. The Morgan fingerprint density at radius 3 is 2.37 bits per heavy atom. The molecule has 3 heteroatoms. The second-order valence-corrected chi connectivity index (χ2v) is 5.08. The Morgan fingerprint density at radius 1 is 1.05 bits per heavy atom. The molecule has 0 spiro atoms. The molecule has 2 nitrogen and oxygen atoms in total. The van der Waals surface area contributed by atoms with Gasteiger partial charge in [-0.3, -0.25) is 0 Å². The van der Waals surface area contributed by atoms with Crippen LogP contribution in [0.15, 0.2) is 48.5 Å². The number of ether oxygens (including phenoxy) is 1. The van der Waals surface area contributed by atoms with Crippen LogP contribution >= 0.6 is 11.6 Å². The summed E-state index contributed by atoms with van der Waals surface area (Å²) < 4.78 is 6.01. The van der Waals surface area contributed by atoms with Crippen molar-refractivity contribution in [1.29, 1.82) is 0 Å². The van der Waals surface area contributed by atoms with Gasteiger partial charge in [-0.05, 0) is 37.6 Å². The summed E-state index contributed by atoms with van der Waals surface area (Å²) in [5.41, 5.74) is 8.02. The summed E-state index contributed by atoms with van der Waals surface area (Å²) in [6, 6.07) is 15.5. The van der Waals surface area contributed by atoms with E-state index in [0.717, 1.165) is 16.9 Å². The molecule has 0 radical (unpaired) electrons. The average Bonchev–Trinajstić information content (AvgIpc) is 2.41. The fourth-order valence-corrected chi connectivity index (χ4v) is 2.15. The van der Waals surface area contributed by atoms with Crippen LogP contribution < -0.4 is 10.5 Å². The monoisotopic (exact) mass is 275 g/mol. The predicted molar refractivity (Wildman–Crippen MR) is 79.5 cm³/mol. The lowest BCUT2D eigenvalue weighted by molar-refractivity contribution is 0.223. The van der Waals surface area contributed by atoms with Crippen molar-refractivity contribution in [3.63, 3.8) is 0 Å². The van der Waals surface area contributed by atoms with E-state index in [4.69, 9.17) is 22.1 Å². The molecule has 0 heterocycles. The van der Waals surface area contributed by atoms with Crippen LogP contribution in [0.4, 0.5) is 0 Å². The Labute approximate surface area is 119 Å². The highest BCUT2D eigenvalue weighted by Gasteiger charge is 2.13. The normalized spacial score (nSPS) is 13.9. The van der Waals surface area contributed by atoms with E-state index < -0.39 is 0 Å². The summed E-state index contributed by atoms with van der Waals surface area (Å²) in [6.45, 7) is 3.95. The van der Waals surface area contributed by atoms with Gasteiger partial charge in [0.25, 0.3) is 0 Å². The standard InChI is InChI=1S/C16H18ClNO/c1-11(18)15-10-14(17)8-9-16(15)19-12(2)13-6-4-3-5-7-13/h3-12H,18H2,1-2H3/t11-,12?/m1/s1. The highest BCUT2D eigenvalue weighted by molar-refractivity contribution is 6.30. The smallest absolute Gasteiger partial charge is 0.125 e. The first-order valence-electron chi connectivity index (χ1n) is 6.34. The molecule has 19 heavy (non-hydrogen) atoms. The number of halogens is 1. The Morgan fingerprint density at radius 2 is 1.74 bits per heavy atom. The molecule has 0 aliphatic carbocycles. The quantitative estimate of drug-likeness (QED) is 0.892. The Kier molecular flexibility index (Phi) is 4.46. The first-order valence-corrected chi connectivity index (χ1v) is 6.72. The first kappa shape index (κ1) is 13.9. The highest BCUT2D eigenvalue weighted by atomic mass is 35.5. The summed E-state index contributed by atoms with van der Waals surface area (Å²) in [7, 11) is 0. The number of benzene rings is 2. The maximum atomic E-state index is 6.01. The molecule has 2 aromatic carbocycles. The van der Waals surface area contributed by atoms with Crippen molar-refractivity contribution in [1.82, 2.24) is 0 Å². The topological polar surface area (TPSA) is 35.2 Å². The molecule has 2 atom stereocenters. The SMILES string of the molecule is CC(Oc1ccc(Cl)cc1[C@@H](C)N)c1ccccc1. The fourth-order valence-electron chi connectivity index (χ4n) is 1.97. The van der Waals surface area contributed by atoms with Gasteiger partial charge in [-0.15, -0.1) is 0 Å². The maximum Gasteiger partial charge on any atom is 0.125 e. The summed E-state index contributed by atoms with van der Waals surface area (Å²) in [6.07, 6.45) is -0.0279. The van der Waals surface area contributed by atoms with Crippen LogP contribution in [-0.2, 0) is 0 Å². The van der Waals surface area contributed by atoms with Gasteiger partial charge in [0.1, 0.15) is 11.9 Å². The van der Waals surface area contributed by atoms with Crippen LogP contribution in [0.1, 0.15) is 37.1 Å². The van der Waals surface area contributed by atoms with E-state index >= 15 is 0 Å². The Balaban J connectivity index is 2.24. The minimum Gasteiger partial charge on any atom is -0.486 e. The van der Waals surface area contributed by atoms with Crippen molar-refractivity contribution in [2.45, 2.75) is 26.0 Å². The van der Waals surface area contributed by atoms with Crippen LogP contribution in [0.3, 0.4) is 0 Å². The zero-order chi connectivity index (χ0) is 13.8. The van der Waals surface area contributed by atoms with E-state index in [1.165, 1.54) is 0 Å². The lowest BCUT2D eigenvalue weighted by Gasteiger charge is -2.19. The van der Waals surface area contributed by atoms with Crippen LogP contribution in [0, 0.1) is 0 Å². The van der Waals surface area contributed by atoms with Crippen molar-refractivity contribution < 1.29 is 4.74 Å². The van der Waals surface area contributed by atoms with E-state index in [9.17, 15) is 0 Å². The van der Waals surface area contributed by atoms with Gasteiger partial charge >= 0.3 is 0 Å². The highest BCUT2D eigenvalue weighted by Crippen LogP contribution is 2.30. The Hall–Kier alpha value is -1.51. The van der Waals surface area contributed by atoms with E-state index in [2.05, 4.69) is 0 Å². The zero-order valence-corrected chi connectivity index (χ0v) is 11.9. The van der Waals surface area contributed by atoms with Crippen molar-refractivity contribution in [3.05, 3.63) is 64.7 Å². The minimum absolute atomic E-state index is 0.0279. The molecular weight excluding hydrogens is 258 g/mol. The molecule has 0 bridgehead atoms. The van der Waals surface area contributed by atoms with Gasteiger partial charge in [0.2, 0.25) is 0 Å². The molecule has 2 aromatic rings. The molecule has 2 N–H and O–H groups in total.